The number of piperidine rings is 1. The number of methoxy groups -OCH3 is 2. The highest BCUT2D eigenvalue weighted by Crippen LogP contribution is 2.29. The molecule has 4 rings (SSSR count). The van der Waals surface area contributed by atoms with E-state index in [0.717, 1.165) is 11.0 Å². The molecule has 2 heterocycles. The van der Waals surface area contributed by atoms with Gasteiger partial charge < -0.3 is 14.4 Å². The van der Waals surface area contributed by atoms with Gasteiger partial charge in [-0.05, 0) is 31.0 Å². The number of carbonyl (C=O) groups is 1. The molecule has 1 aliphatic rings. The van der Waals surface area contributed by atoms with Crippen molar-refractivity contribution < 1.29 is 14.3 Å². The van der Waals surface area contributed by atoms with Crippen LogP contribution in [-0.2, 0) is 20.2 Å². The summed E-state index contributed by atoms with van der Waals surface area (Å²) in [6, 6.07) is 13.8. The lowest BCUT2D eigenvalue weighted by Gasteiger charge is -2.36. The van der Waals surface area contributed by atoms with Crippen LogP contribution in [0.2, 0.25) is 0 Å². The van der Waals surface area contributed by atoms with Crippen LogP contribution in [0.5, 0.6) is 0 Å². The topological polar surface area (TPSA) is 82.8 Å². The zero-order valence-electron chi connectivity index (χ0n) is 18.8. The number of carbonyl (C=O) groups excluding carboxylic acids is 1. The van der Waals surface area contributed by atoms with E-state index in [4.69, 9.17) is 9.47 Å². The Morgan fingerprint density at radius 2 is 1.79 bits per heavy atom. The molecule has 1 aliphatic heterocycles. The number of hydrogen-bond acceptors (Lipinski definition) is 5. The maximum atomic E-state index is 14.1. The Balaban J connectivity index is 2.07. The molecule has 0 N–H and O–H groups in total. The lowest BCUT2D eigenvalue weighted by Crippen LogP contribution is -2.55. The van der Waals surface area contributed by atoms with E-state index in [0.29, 0.717) is 40.4 Å². The molecule has 1 unspecified atom stereocenters. The summed E-state index contributed by atoms with van der Waals surface area (Å²) < 4.78 is 14.8. The lowest BCUT2D eigenvalue weighted by molar-refractivity contribution is -0.240. The maximum Gasteiger partial charge on any atom is 0.336 e. The number of benzene rings is 2. The first kappa shape index (κ1) is 23.4. The number of aromatic nitrogens is 2. The van der Waals surface area contributed by atoms with Gasteiger partial charge in [0.15, 0.2) is 0 Å². The largest absolute Gasteiger partial charge is 0.341 e. The SMILES string of the molecule is COC(OC)(c1ccccc1)n1c(=O)c2cc(Br)ccc2n(C2CCCN(C(C)=O)C2)c1=O. The standard InChI is InChI=1S/C24H26BrN3O5/c1-16(29)26-13-7-10-19(15-26)27-21-12-11-18(25)14-20(21)22(30)28(23(27)31)24(32-2,33-3)17-8-5-4-6-9-17/h4-6,8-9,11-12,14,19H,7,10,13,15H2,1-3H3. The van der Waals surface area contributed by atoms with Crippen LogP contribution in [0.1, 0.15) is 31.4 Å². The van der Waals surface area contributed by atoms with Gasteiger partial charge in [-0.2, -0.15) is 0 Å². The summed E-state index contributed by atoms with van der Waals surface area (Å²) in [5, 5.41) is 0.346. The number of halogens is 1. The second-order valence-electron chi connectivity index (χ2n) is 8.07. The first-order valence-corrected chi connectivity index (χ1v) is 11.5. The van der Waals surface area contributed by atoms with Crippen LogP contribution in [0, 0.1) is 0 Å². The van der Waals surface area contributed by atoms with E-state index in [1.165, 1.54) is 21.1 Å². The van der Waals surface area contributed by atoms with E-state index >= 15 is 0 Å². The van der Waals surface area contributed by atoms with Gasteiger partial charge >= 0.3 is 5.69 Å². The summed E-state index contributed by atoms with van der Waals surface area (Å²) in [4.78, 5) is 41.6. The first-order valence-electron chi connectivity index (χ1n) is 10.7. The van der Waals surface area contributed by atoms with Crippen molar-refractivity contribution in [2.75, 3.05) is 27.3 Å². The van der Waals surface area contributed by atoms with Gasteiger partial charge in [0.2, 0.25) is 5.91 Å². The Bertz CT molecular complexity index is 1300. The van der Waals surface area contributed by atoms with E-state index in [2.05, 4.69) is 15.9 Å². The molecule has 2 aromatic carbocycles. The van der Waals surface area contributed by atoms with E-state index in [1.54, 1.807) is 51.9 Å². The Labute approximate surface area is 199 Å². The second-order valence-corrected chi connectivity index (χ2v) is 8.99. The fourth-order valence-corrected chi connectivity index (χ4v) is 5.01. The van der Waals surface area contributed by atoms with Gasteiger partial charge in [-0.25, -0.2) is 9.36 Å². The molecule has 1 fully saturated rings. The molecule has 3 aromatic rings. The average Bonchev–Trinajstić information content (AvgIpc) is 2.83. The molecule has 33 heavy (non-hydrogen) atoms. The smallest absolute Gasteiger partial charge is 0.336 e. The van der Waals surface area contributed by atoms with Gasteiger partial charge in [0.25, 0.3) is 11.5 Å². The van der Waals surface area contributed by atoms with Crippen LogP contribution in [0.25, 0.3) is 10.9 Å². The van der Waals surface area contributed by atoms with Gasteiger partial charge in [-0.1, -0.05) is 46.3 Å². The summed E-state index contributed by atoms with van der Waals surface area (Å²) in [6.45, 7) is 2.56. The van der Waals surface area contributed by atoms with E-state index in [9.17, 15) is 14.4 Å². The molecule has 0 saturated carbocycles. The number of likely N-dealkylation sites (tertiary alicyclic amines) is 1. The predicted octanol–water partition coefficient (Wildman–Crippen LogP) is 3.06. The molecule has 0 bridgehead atoms. The van der Waals surface area contributed by atoms with Gasteiger partial charge in [0.05, 0.1) is 16.9 Å². The maximum absolute atomic E-state index is 14.1. The number of fused-ring (bicyclic) bond motifs is 1. The quantitative estimate of drug-likeness (QED) is 0.487. The van der Waals surface area contributed by atoms with Crippen LogP contribution >= 0.6 is 15.9 Å². The molecule has 8 nitrogen and oxygen atoms in total. The molecule has 9 heteroatoms. The van der Waals surface area contributed by atoms with Crippen molar-refractivity contribution in [3.63, 3.8) is 0 Å². The van der Waals surface area contributed by atoms with Crippen molar-refractivity contribution in [2.45, 2.75) is 31.7 Å². The number of amides is 1. The number of hydrogen-bond donors (Lipinski definition) is 0. The third-order valence-corrected chi connectivity index (χ3v) is 6.74. The van der Waals surface area contributed by atoms with E-state index in [-0.39, 0.29) is 11.9 Å². The molecule has 0 aliphatic carbocycles. The number of rotatable bonds is 5. The third-order valence-electron chi connectivity index (χ3n) is 6.24. The second kappa shape index (κ2) is 9.24. The zero-order chi connectivity index (χ0) is 23.8. The number of nitrogens with zero attached hydrogens (tertiary/aromatic N) is 3. The van der Waals surface area contributed by atoms with Crippen LogP contribution in [0.3, 0.4) is 0 Å². The first-order chi connectivity index (χ1) is 15.8. The molecule has 174 valence electrons. The van der Waals surface area contributed by atoms with Crippen LogP contribution < -0.4 is 11.2 Å². The minimum Gasteiger partial charge on any atom is -0.341 e. The lowest BCUT2D eigenvalue weighted by atomic mass is 10.0. The molecule has 1 saturated heterocycles. The molecule has 0 spiro atoms. The van der Waals surface area contributed by atoms with E-state index in [1.807, 2.05) is 6.07 Å². The average molecular weight is 516 g/mol. The van der Waals surface area contributed by atoms with Gasteiger partial charge in [-0.3, -0.25) is 14.2 Å². The summed E-state index contributed by atoms with van der Waals surface area (Å²) >= 11 is 3.44. The van der Waals surface area contributed by atoms with Crippen molar-refractivity contribution in [3.8, 4) is 0 Å². The van der Waals surface area contributed by atoms with Crippen molar-refractivity contribution >= 4 is 32.7 Å². The Hall–Kier alpha value is -2.75. The summed E-state index contributed by atoms with van der Waals surface area (Å²) in [5.41, 5.74) is -0.0739. The Kier molecular flexibility index (Phi) is 6.56. The third kappa shape index (κ3) is 3.94. The predicted molar refractivity (Wildman–Crippen MR) is 128 cm³/mol. The fraction of sp³-hybridized carbons (Fsp3) is 0.375. The molecule has 0 radical (unpaired) electrons. The van der Waals surface area contributed by atoms with Gasteiger partial charge in [0.1, 0.15) is 0 Å². The van der Waals surface area contributed by atoms with Crippen LogP contribution in [-0.4, -0.2) is 47.3 Å². The highest BCUT2D eigenvalue weighted by atomic mass is 79.9. The Morgan fingerprint density at radius 1 is 1.09 bits per heavy atom. The normalized spacial score (nSPS) is 16.8. The highest BCUT2D eigenvalue weighted by molar-refractivity contribution is 9.10. The van der Waals surface area contributed by atoms with Crippen molar-refractivity contribution in [1.82, 2.24) is 14.0 Å². The van der Waals surface area contributed by atoms with Crippen molar-refractivity contribution in [3.05, 3.63) is 79.4 Å². The fourth-order valence-electron chi connectivity index (χ4n) is 4.65. The monoisotopic (exact) mass is 515 g/mol. The van der Waals surface area contributed by atoms with Crippen molar-refractivity contribution in [2.24, 2.45) is 0 Å². The minimum absolute atomic E-state index is 0.0412. The van der Waals surface area contributed by atoms with Crippen molar-refractivity contribution in [1.29, 1.82) is 0 Å². The Morgan fingerprint density at radius 3 is 2.42 bits per heavy atom. The summed E-state index contributed by atoms with van der Waals surface area (Å²) in [7, 11) is 2.80. The van der Waals surface area contributed by atoms with Gasteiger partial charge in [0, 0.05) is 44.3 Å². The van der Waals surface area contributed by atoms with Crippen LogP contribution in [0.15, 0.2) is 62.6 Å². The molecular formula is C24H26BrN3O5. The molecule has 1 atom stereocenters. The van der Waals surface area contributed by atoms with Gasteiger partial charge in [-0.15, -0.1) is 0 Å². The number of ether oxygens (including phenoxy) is 2. The minimum atomic E-state index is -1.76. The molecular weight excluding hydrogens is 490 g/mol. The molecule has 1 amide bonds. The molecule has 1 aromatic heterocycles. The van der Waals surface area contributed by atoms with Crippen LogP contribution in [0.4, 0.5) is 0 Å². The highest BCUT2D eigenvalue weighted by Gasteiger charge is 2.40. The zero-order valence-corrected chi connectivity index (χ0v) is 20.4. The summed E-state index contributed by atoms with van der Waals surface area (Å²) in [5.74, 6) is -1.80. The van der Waals surface area contributed by atoms with E-state index < -0.39 is 17.2 Å². The summed E-state index contributed by atoms with van der Waals surface area (Å²) in [6.07, 6.45) is 1.46.